The van der Waals surface area contributed by atoms with Gasteiger partial charge in [-0.1, -0.05) is 24.3 Å². The normalized spacial score (nSPS) is 15.3. The molecule has 1 aromatic heterocycles. The molecule has 16 heavy (non-hydrogen) atoms. The van der Waals surface area contributed by atoms with Gasteiger partial charge in [-0.25, -0.2) is 9.48 Å². The molecule has 4 heteroatoms. The number of nitrogens with one attached hydrogen (secondary N) is 1. The van der Waals surface area contributed by atoms with E-state index in [1.165, 1.54) is 23.1 Å². The molecular weight excluding hydrogens is 202 g/mol. The number of aromatic amines is 1. The molecule has 0 unspecified atom stereocenters. The van der Waals surface area contributed by atoms with Crippen molar-refractivity contribution in [3.05, 3.63) is 40.3 Å². The summed E-state index contributed by atoms with van der Waals surface area (Å²) in [6, 6.07) is 8.29. The van der Waals surface area contributed by atoms with Crippen LogP contribution in [-0.2, 0) is 7.05 Å². The highest BCUT2D eigenvalue weighted by Crippen LogP contribution is 2.40. The Labute approximate surface area is 92.9 Å². The fourth-order valence-corrected chi connectivity index (χ4v) is 1.86. The first kappa shape index (κ1) is 9.39. The number of benzene rings is 1. The summed E-state index contributed by atoms with van der Waals surface area (Å²) in [5.41, 5.74) is 2.17. The second-order valence-corrected chi connectivity index (χ2v) is 4.30. The summed E-state index contributed by atoms with van der Waals surface area (Å²) < 4.78 is 1.31. The van der Waals surface area contributed by atoms with Crippen LogP contribution in [0.2, 0.25) is 0 Å². The minimum absolute atomic E-state index is 0.179. The number of aromatic nitrogens is 3. The monoisotopic (exact) mass is 215 g/mol. The minimum atomic E-state index is -0.179. The third-order valence-electron chi connectivity index (χ3n) is 3.00. The summed E-state index contributed by atoms with van der Waals surface area (Å²) in [7, 11) is 1.64. The maximum Gasteiger partial charge on any atom is 0.343 e. The van der Waals surface area contributed by atoms with Crippen molar-refractivity contribution in [2.75, 3.05) is 0 Å². The number of hydrogen-bond donors (Lipinski definition) is 1. The van der Waals surface area contributed by atoms with E-state index in [0.29, 0.717) is 5.82 Å². The lowest BCUT2D eigenvalue weighted by Gasteiger charge is -1.99. The lowest BCUT2D eigenvalue weighted by atomic mass is 10.1. The van der Waals surface area contributed by atoms with Gasteiger partial charge >= 0.3 is 5.69 Å². The quantitative estimate of drug-likeness (QED) is 0.828. The second-order valence-electron chi connectivity index (χ2n) is 4.30. The molecule has 1 fully saturated rings. The van der Waals surface area contributed by atoms with Crippen LogP contribution < -0.4 is 5.69 Å². The number of hydrogen-bond acceptors (Lipinski definition) is 2. The Bertz CT molecular complexity index is 561. The average Bonchev–Trinajstić information content (AvgIpc) is 3.07. The largest absolute Gasteiger partial charge is 0.343 e. The Hall–Kier alpha value is -1.84. The molecule has 3 rings (SSSR count). The van der Waals surface area contributed by atoms with Gasteiger partial charge in [0.1, 0.15) is 0 Å². The van der Waals surface area contributed by atoms with E-state index in [0.717, 1.165) is 11.5 Å². The van der Waals surface area contributed by atoms with Gasteiger partial charge < -0.3 is 0 Å². The second kappa shape index (κ2) is 3.33. The van der Waals surface area contributed by atoms with Crippen LogP contribution in [0.15, 0.2) is 29.1 Å². The molecule has 4 nitrogen and oxygen atoms in total. The average molecular weight is 215 g/mol. The third kappa shape index (κ3) is 1.56. The molecule has 0 aliphatic heterocycles. The van der Waals surface area contributed by atoms with Gasteiger partial charge in [-0.05, 0) is 24.3 Å². The van der Waals surface area contributed by atoms with Gasteiger partial charge in [-0.15, -0.1) is 0 Å². The van der Waals surface area contributed by atoms with Crippen LogP contribution in [0.1, 0.15) is 24.3 Å². The van der Waals surface area contributed by atoms with E-state index in [1.807, 2.05) is 12.1 Å². The predicted octanol–water partition coefficient (Wildman–Crippen LogP) is 1.65. The summed E-state index contributed by atoms with van der Waals surface area (Å²) in [4.78, 5) is 14.0. The molecule has 1 aliphatic carbocycles. The molecule has 1 aromatic carbocycles. The summed E-state index contributed by atoms with van der Waals surface area (Å²) >= 11 is 0. The summed E-state index contributed by atoms with van der Waals surface area (Å²) in [5, 5.41) is 4.12. The van der Waals surface area contributed by atoms with Crippen molar-refractivity contribution in [1.29, 1.82) is 0 Å². The summed E-state index contributed by atoms with van der Waals surface area (Å²) in [6.07, 6.45) is 2.61. The van der Waals surface area contributed by atoms with E-state index < -0.39 is 0 Å². The first-order valence-corrected chi connectivity index (χ1v) is 5.48. The Morgan fingerprint density at radius 3 is 2.50 bits per heavy atom. The van der Waals surface area contributed by atoms with Gasteiger partial charge in [-0.2, -0.15) is 5.10 Å². The van der Waals surface area contributed by atoms with Crippen LogP contribution in [0.4, 0.5) is 0 Å². The first-order valence-electron chi connectivity index (χ1n) is 5.48. The van der Waals surface area contributed by atoms with Crippen molar-refractivity contribution in [1.82, 2.24) is 14.8 Å². The van der Waals surface area contributed by atoms with Gasteiger partial charge in [0.05, 0.1) is 0 Å². The molecule has 0 atom stereocenters. The number of rotatable bonds is 2. The molecule has 0 radical (unpaired) electrons. The van der Waals surface area contributed by atoms with Crippen molar-refractivity contribution >= 4 is 0 Å². The van der Waals surface area contributed by atoms with Gasteiger partial charge in [0, 0.05) is 12.6 Å². The van der Waals surface area contributed by atoms with Crippen LogP contribution in [0.5, 0.6) is 0 Å². The molecular formula is C12H13N3O. The minimum Gasteiger partial charge on any atom is -0.289 e. The summed E-state index contributed by atoms with van der Waals surface area (Å²) in [5.74, 6) is 1.40. The molecule has 1 saturated carbocycles. The number of nitrogens with zero attached hydrogens (tertiary/aromatic N) is 2. The van der Waals surface area contributed by atoms with Crippen molar-refractivity contribution in [3.8, 4) is 11.4 Å². The smallest absolute Gasteiger partial charge is 0.289 e. The van der Waals surface area contributed by atoms with Crippen LogP contribution >= 0.6 is 0 Å². The molecule has 1 N–H and O–H groups in total. The van der Waals surface area contributed by atoms with Crippen LogP contribution in [0, 0.1) is 0 Å². The molecule has 0 spiro atoms. The van der Waals surface area contributed by atoms with Gasteiger partial charge in [0.2, 0.25) is 0 Å². The highest BCUT2D eigenvalue weighted by molar-refractivity contribution is 5.55. The van der Waals surface area contributed by atoms with Gasteiger partial charge in [0.25, 0.3) is 0 Å². The zero-order chi connectivity index (χ0) is 11.1. The van der Waals surface area contributed by atoms with Gasteiger partial charge in [0.15, 0.2) is 5.82 Å². The fraction of sp³-hybridized carbons (Fsp3) is 0.333. The summed E-state index contributed by atoms with van der Waals surface area (Å²) in [6.45, 7) is 0. The first-order chi connectivity index (χ1) is 7.74. The molecule has 82 valence electrons. The van der Waals surface area contributed by atoms with E-state index in [4.69, 9.17) is 0 Å². The Morgan fingerprint density at radius 2 is 2.00 bits per heavy atom. The molecule has 2 aromatic rings. The van der Waals surface area contributed by atoms with Crippen LogP contribution in [0.25, 0.3) is 11.4 Å². The zero-order valence-corrected chi connectivity index (χ0v) is 9.10. The Morgan fingerprint density at radius 1 is 1.31 bits per heavy atom. The molecule has 0 bridgehead atoms. The molecule has 0 saturated heterocycles. The highest BCUT2D eigenvalue weighted by Gasteiger charge is 2.23. The van der Waals surface area contributed by atoms with E-state index in [2.05, 4.69) is 22.2 Å². The SMILES string of the molecule is Cn1nc(-c2ccc(C3CC3)cc2)[nH]c1=O. The number of aryl methyl sites for hydroxylation is 1. The van der Waals surface area contributed by atoms with Gasteiger partial charge in [-0.3, -0.25) is 4.98 Å². The van der Waals surface area contributed by atoms with Crippen LogP contribution in [0.3, 0.4) is 0 Å². The van der Waals surface area contributed by atoms with Crippen LogP contribution in [-0.4, -0.2) is 14.8 Å². The number of H-pyrrole nitrogens is 1. The standard InChI is InChI=1S/C12H13N3O/c1-15-12(16)13-11(14-15)10-6-4-9(5-7-10)8-2-3-8/h4-8H,2-3H2,1H3,(H,13,14,16). The molecule has 1 aliphatic rings. The fourth-order valence-electron chi connectivity index (χ4n) is 1.86. The van der Waals surface area contributed by atoms with E-state index in [-0.39, 0.29) is 5.69 Å². The lowest BCUT2D eigenvalue weighted by molar-refractivity contribution is 0.736. The predicted molar refractivity (Wildman–Crippen MR) is 61.2 cm³/mol. The maximum absolute atomic E-state index is 11.2. The zero-order valence-electron chi connectivity index (χ0n) is 9.10. The van der Waals surface area contributed by atoms with Crippen molar-refractivity contribution < 1.29 is 0 Å². The highest BCUT2D eigenvalue weighted by atomic mass is 16.1. The van der Waals surface area contributed by atoms with Crippen molar-refractivity contribution in [2.24, 2.45) is 7.05 Å². The maximum atomic E-state index is 11.2. The lowest BCUT2D eigenvalue weighted by Crippen LogP contribution is -2.13. The van der Waals surface area contributed by atoms with E-state index in [1.54, 1.807) is 7.05 Å². The van der Waals surface area contributed by atoms with Crippen molar-refractivity contribution in [3.63, 3.8) is 0 Å². The molecule has 0 amide bonds. The van der Waals surface area contributed by atoms with Crippen molar-refractivity contribution in [2.45, 2.75) is 18.8 Å². The Balaban J connectivity index is 1.96. The van der Waals surface area contributed by atoms with E-state index in [9.17, 15) is 4.79 Å². The molecule has 1 heterocycles. The third-order valence-corrected chi connectivity index (χ3v) is 3.00. The van der Waals surface area contributed by atoms with E-state index >= 15 is 0 Å². The topological polar surface area (TPSA) is 50.7 Å². The Kier molecular flexibility index (Phi) is 1.96.